The minimum Gasteiger partial charge on any atom is -0.496 e. The molecule has 0 radical (unpaired) electrons. The number of benzene rings is 1. The van der Waals surface area contributed by atoms with Gasteiger partial charge in [0.1, 0.15) is 5.75 Å². The molecule has 0 aliphatic rings. The number of rotatable bonds is 3. The minimum absolute atomic E-state index is 0.0259. The van der Waals surface area contributed by atoms with Gasteiger partial charge in [-0.05, 0) is 53.8 Å². The zero-order valence-electron chi connectivity index (χ0n) is 14.9. The van der Waals surface area contributed by atoms with Gasteiger partial charge in [-0.2, -0.15) is 0 Å². The number of hydrogen-bond acceptors (Lipinski definition) is 2. The molecule has 0 N–H and O–H groups in total. The minimum atomic E-state index is 0.0259. The van der Waals surface area contributed by atoms with Crippen LogP contribution >= 0.6 is 0 Å². The van der Waals surface area contributed by atoms with E-state index < -0.39 is 0 Å². The van der Waals surface area contributed by atoms with E-state index in [0.717, 1.165) is 28.7 Å². The summed E-state index contributed by atoms with van der Waals surface area (Å²) < 4.78 is 7.49. The second-order valence-electron chi connectivity index (χ2n) is 7.23. The van der Waals surface area contributed by atoms with Crippen molar-refractivity contribution in [2.24, 2.45) is 0 Å². The molecule has 0 aliphatic heterocycles. The molecule has 124 valence electrons. The van der Waals surface area contributed by atoms with Gasteiger partial charge in [0.15, 0.2) is 6.29 Å². The molecule has 0 unspecified atom stereocenters. The van der Waals surface area contributed by atoms with Crippen LogP contribution in [0.25, 0.3) is 16.6 Å². The third-order valence-corrected chi connectivity index (χ3v) is 4.44. The monoisotopic (exact) mass is 321 g/mol. The predicted molar refractivity (Wildman–Crippen MR) is 98.2 cm³/mol. The molecular formula is C21H23NO2. The molecule has 3 nitrogen and oxygen atoms in total. The molecule has 3 aromatic rings. The zero-order chi connectivity index (χ0) is 17.5. The molecule has 0 saturated carbocycles. The van der Waals surface area contributed by atoms with E-state index in [4.69, 9.17) is 4.74 Å². The van der Waals surface area contributed by atoms with Crippen molar-refractivity contribution in [3.63, 3.8) is 0 Å². The van der Waals surface area contributed by atoms with Crippen LogP contribution in [0.3, 0.4) is 0 Å². The number of ether oxygens (including phenoxy) is 1. The molecule has 24 heavy (non-hydrogen) atoms. The van der Waals surface area contributed by atoms with Crippen LogP contribution < -0.4 is 4.74 Å². The summed E-state index contributed by atoms with van der Waals surface area (Å²) in [5, 5.41) is 0. The first-order valence-electron chi connectivity index (χ1n) is 8.11. The number of carbonyl (C=O) groups is 1. The summed E-state index contributed by atoms with van der Waals surface area (Å²) in [5.41, 5.74) is 5.91. The van der Waals surface area contributed by atoms with E-state index in [2.05, 4.69) is 45.0 Å². The zero-order valence-corrected chi connectivity index (χ0v) is 14.9. The maximum atomic E-state index is 11.8. The van der Waals surface area contributed by atoms with Crippen molar-refractivity contribution in [1.82, 2.24) is 4.40 Å². The lowest BCUT2D eigenvalue weighted by molar-refractivity contribution is 0.111. The normalized spacial score (nSPS) is 11.7. The Hall–Kier alpha value is -2.55. The molecule has 0 bridgehead atoms. The van der Waals surface area contributed by atoms with E-state index in [-0.39, 0.29) is 5.41 Å². The summed E-state index contributed by atoms with van der Waals surface area (Å²) in [6, 6.07) is 12.3. The topological polar surface area (TPSA) is 30.7 Å². The Bertz CT molecular complexity index is 913. The first-order chi connectivity index (χ1) is 11.3. The molecule has 0 fully saturated rings. The molecule has 3 heteroatoms. The van der Waals surface area contributed by atoms with Crippen molar-refractivity contribution in [2.75, 3.05) is 7.11 Å². The van der Waals surface area contributed by atoms with Gasteiger partial charge >= 0.3 is 0 Å². The van der Waals surface area contributed by atoms with Gasteiger partial charge < -0.3 is 9.14 Å². The number of methoxy groups -OCH3 is 1. The standard InChI is InChI=1S/C21H23NO2/c1-14-8-9-22-16(10-14)12-17(19(22)13-23)18-11-15(21(2,3)4)6-7-20(18)24-5/h6-13H,1-5H3. The van der Waals surface area contributed by atoms with Crippen molar-refractivity contribution in [1.29, 1.82) is 0 Å². The summed E-state index contributed by atoms with van der Waals surface area (Å²) in [4.78, 5) is 11.8. The highest BCUT2D eigenvalue weighted by atomic mass is 16.5. The smallest absolute Gasteiger partial charge is 0.167 e. The number of carbonyl (C=O) groups excluding carboxylic acids is 1. The molecule has 2 aromatic heterocycles. The second-order valence-corrected chi connectivity index (χ2v) is 7.23. The highest BCUT2D eigenvalue weighted by molar-refractivity contribution is 5.91. The number of aryl methyl sites for hydroxylation is 1. The average Bonchev–Trinajstić information content (AvgIpc) is 2.90. The van der Waals surface area contributed by atoms with E-state index in [9.17, 15) is 4.79 Å². The van der Waals surface area contributed by atoms with Crippen molar-refractivity contribution in [3.8, 4) is 16.9 Å². The maximum Gasteiger partial charge on any atom is 0.167 e. The Morgan fingerprint density at radius 2 is 1.79 bits per heavy atom. The van der Waals surface area contributed by atoms with Crippen LogP contribution in [0.4, 0.5) is 0 Å². The van der Waals surface area contributed by atoms with Crippen molar-refractivity contribution >= 4 is 11.8 Å². The molecule has 2 heterocycles. The van der Waals surface area contributed by atoms with Gasteiger partial charge in [0.2, 0.25) is 0 Å². The lowest BCUT2D eigenvalue weighted by atomic mass is 9.85. The molecule has 0 aliphatic carbocycles. The fourth-order valence-corrected chi connectivity index (χ4v) is 3.03. The van der Waals surface area contributed by atoms with Crippen molar-refractivity contribution in [2.45, 2.75) is 33.1 Å². The van der Waals surface area contributed by atoms with E-state index >= 15 is 0 Å². The van der Waals surface area contributed by atoms with E-state index in [0.29, 0.717) is 5.69 Å². The second kappa shape index (κ2) is 5.82. The molecular weight excluding hydrogens is 298 g/mol. The molecule has 0 saturated heterocycles. The quantitative estimate of drug-likeness (QED) is 0.633. The van der Waals surface area contributed by atoms with E-state index in [1.54, 1.807) is 7.11 Å². The number of aldehydes is 1. The largest absolute Gasteiger partial charge is 0.496 e. The Balaban J connectivity index is 2.32. The van der Waals surface area contributed by atoms with E-state index in [1.807, 2.05) is 29.7 Å². The Morgan fingerprint density at radius 1 is 1.04 bits per heavy atom. The lowest BCUT2D eigenvalue weighted by Crippen LogP contribution is -2.11. The van der Waals surface area contributed by atoms with Gasteiger partial charge in [0.05, 0.1) is 12.8 Å². The van der Waals surface area contributed by atoms with Crippen LogP contribution in [0.2, 0.25) is 0 Å². The van der Waals surface area contributed by atoms with Gasteiger partial charge in [-0.3, -0.25) is 4.79 Å². The van der Waals surface area contributed by atoms with Gasteiger partial charge in [-0.25, -0.2) is 0 Å². The van der Waals surface area contributed by atoms with Crippen LogP contribution in [0, 0.1) is 6.92 Å². The van der Waals surface area contributed by atoms with Crippen LogP contribution in [0.5, 0.6) is 5.75 Å². The first kappa shape index (κ1) is 16.3. The number of pyridine rings is 1. The van der Waals surface area contributed by atoms with Crippen LogP contribution in [0.1, 0.15) is 42.4 Å². The number of nitrogens with zero attached hydrogens (tertiary/aromatic N) is 1. The van der Waals surface area contributed by atoms with Gasteiger partial charge in [0, 0.05) is 22.8 Å². The van der Waals surface area contributed by atoms with Crippen LogP contribution in [0.15, 0.2) is 42.6 Å². The fraction of sp³-hybridized carbons (Fsp3) is 0.286. The Labute approximate surface area is 142 Å². The third kappa shape index (κ3) is 2.71. The van der Waals surface area contributed by atoms with Gasteiger partial charge in [-0.15, -0.1) is 0 Å². The molecule has 3 rings (SSSR count). The van der Waals surface area contributed by atoms with Crippen LogP contribution in [-0.2, 0) is 5.41 Å². The molecule has 0 amide bonds. The first-order valence-corrected chi connectivity index (χ1v) is 8.11. The predicted octanol–water partition coefficient (Wildman–Crippen LogP) is 5.03. The lowest BCUT2D eigenvalue weighted by Gasteiger charge is -2.21. The third-order valence-electron chi connectivity index (χ3n) is 4.44. The summed E-state index contributed by atoms with van der Waals surface area (Å²) in [6.45, 7) is 8.59. The van der Waals surface area contributed by atoms with Gasteiger partial charge in [-0.1, -0.05) is 26.8 Å². The molecule has 1 aromatic carbocycles. The van der Waals surface area contributed by atoms with E-state index in [1.165, 1.54) is 11.1 Å². The Morgan fingerprint density at radius 3 is 2.42 bits per heavy atom. The highest BCUT2D eigenvalue weighted by Crippen LogP contribution is 2.37. The summed E-state index contributed by atoms with van der Waals surface area (Å²) >= 11 is 0. The SMILES string of the molecule is COc1ccc(C(C)(C)C)cc1-c1cc2cc(C)ccn2c1C=O. The van der Waals surface area contributed by atoms with Crippen LogP contribution in [-0.4, -0.2) is 17.8 Å². The summed E-state index contributed by atoms with van der Waals surface area (Å²) in [5.74, 6) is 0.777. The fourth-order valence-electron chi connectivity index (χ4n) is 3.03. The number of hydrogen-bond donors (Lipinski definition) is 0. The summed E-state index contributed by atoms with van der Waals surface area (Å²) in [7, 11) is 1.66. The number of aromatic nitrogens is 1. The molecule has 0 spiro atoms. The van der Waals surface area contributed by atoms with Crippen molar-refractivity contribution in [3.05, 3.63) is 59.4 Å². The Kier molecular flexibility index (Phi) is 3.96. The maximum absolute atomic E-state index is 11.8. The average molecular weight is 321 g/mol. The number of fused-ring (bicyclic) bond motifs is 1. The summed E-state index contributed by atoms with van der Waals surface area (Å²) in [6.07, 6.45) is 2.86. The van der Waals surface area contributed by atoms with Crippen molar-refractivity contribution < 1.29 is 9.53 Å². The van der Waals surface area contributed by atoms with Gasteiger partial charge in [0.25, 0.3) is 0 Å². The highest BCUT2D eigenvalue weighted by Gasteiger charge is 2.20. The molecule has 0 atom stereocenters.